The molecule has 0 saturated heterocycles. The number of hydrogen-bond acceptors (Lipinski definition) is 3. The van der Waals surface area contributed by atoms with E-state index in [9.17, 15) is 9.00 Å². The molecule has 0 radical (unpaired) electrons. The first-order valence-electron chi connectivity index (χ1n) is 16.8. The number of anilines is 1. The first-order valence-corrected chi connectivity index (χ1v) is 21.4. The monoisotopic (exact) mass is 595 g/mol. The van der Waals surface area contributed by atoms with Crippen molar-refractivity contribution >= 4 is 30.3 Å². The minimum atomic E-state index is -1.30. The predicted octanol–water partition coefficient (Wildman–Crippen LogP) is 10.8. The molecule has 1 N–H and O–H groups in total. The van der Waals surface area contributed by atoms with Gasteiger partial charge in [0, 0.05) is 22.7 Å². The molecule has 5 heteroatoms. The van der Waals surface area contributed by atoms with Gasteiger partial charge in [0.05, 0.1) is 24.6 Å². The van der Waals surface area contributed by atoms with E-state index in [1.807, 2.05) is 42.5 Å². The summed E-state index contributed by atoms with van der Waals surface area (Å²) in [5, 5.41) is 3.47. The van der Waals surface area contributed by atoms with Gasteiger partial charge in [0.15, 0.2) is 5.78 Å². The van der Waals surface area contributed by atoms with Gasteiger partial charge in [-0.2, -0.15) is 0 Å². The van der Waals surface area contributed by atoms with Crippen LogP contribution in [-0.4, -0.2) is 30.4 Å². The van der Waals surface area contributed by atoms with E-state index in [1.165, 1.54) is 109 Å². The molecule has 2 aromatic carbocycles. The van der Waals surface area contributed by atoms with Crippen LogP contribution < -0.4 is 5.32 Å². The Balaban J connectivity index is 1.11. The molecule has 0 aliphatic heterocycles. The number of rotatable bonds is 21. The predicted molar refractivity (Wildman–Crippen MR) is 182 cm³/mol. The van der Waals surface area contributed by atoms with Crippen molar-refractivity contribution in [2.75, 3.05) is 17.6 Å². The van der Waals surface area contributed by atoms with E-state index in [0.717, 1.165) is 17.8 Å². The molecule has 3 rings (SSSR count). The molecule has 1 saturated carbocycles. The highest BCUT2D eigenvalue weighted by molar-refractivity contribution is 7.85. The minimum absolute atomic E-state index is 0.0247. The van der Waals surface area contributed by atoms with E-state index in [1.54, 1.807) is 18.2 Å². The molecule has 2 aromatic rings. The quantitative estimate of drug-likeness (QED) is 0.0887. The summed E-state index contributed by atoms with van der Waals surface area (Å²) in [6.45, 7) is 6.30. The van der Waals surface area contributed by atoms with Crippen LogP contribution in [0.25, 0.3) is 0 Å². The zero-order valence-electron chi connectivity index (χ0n) is 26.1. The van der Waals surface area contributed by atoms with E-state index < -0.39 is 18.9 Å². The number of benzene rings is 2. The molecule has 0 aromatic heterocycles. The van der Waals surface area contributed by atoms with Gasteiger partial charge < -0.3 is 5.32 Å². The van der Waals surface area contributed by atoms with Crippen molar-refractivity contribution in [1.29, 1.82) is 0 Å². The number of unbranched alkanes of at least 4 members (excludes halogenated alkanes) is 11. The third-order valence-corrected chi connectivity index (χ3v) is 15.0. The second-order valence-corrected chi connectivity index (χ2v) is 19.8. The fourth-order valence-corrected chi connectivity index (χ4v) is 11.0. The van der Waals surface area contributed by atoms with Crippen molar-refractivity contribution in [1.82, 2.24) is 0 Å². The Labute approximate surface area is 255 Å². The summed E-state index contributed by atoms with van der Waals surface area (Å²) in [5.41, 5.74) is 2.78. The van der Waals surface area contributed by atoms with Crippen molar-refractivity contribution in [3.63, 3.8) is 0 Å². The van der Waals surface area contributed by atoms with Crippen molar-refractivity contribution < 1.29 is 9.00 Å². The van der Waals surface area contributed by atoms with Gasteiger partial charge in [-0.25, -0.2) is 0 Å². The van der Waals surface area contributed by atoms with Gasteiger partial charge in [0.2, 0.25) is 0 Å². The molecule has 1 atom stereocenters. The lowest BCUT2D eigenvalue weighted by molar-refractivity contribution is 0.102. The Bertz CT molecular complexity index is 1000. The van der Waals surface area contributed by atoms with E-state index in [4.69, 9.17) is 0 Å². The van der Waals surface area contributed by atoms with Crippen LogP contribution in [0.5, 0.6) is 0 Å². The lowest BCUT2D eigenvalue weighted by Gasteiger charge is -2.35. The Kier molecular flexibility index (Phi) is 16.0. The summed E-state index contributed by atoms with van der Waals surface area (Å²) in [5.74, 6) is -0.0547. The van der Waals surface area contributed by atoms with Crippen LogP contribution in [0.1, 0.15) is 120 Å². The SMILES string of the molecule is C[Si](C)(CCCCCCCCCCCCCCNc1ccc(C(=O)CS(=O)c2ccccc2)cc1)C1CCCCC1. The molecule has 0 bridgehead atoms. The fourth-order valence-electron chi connectivity index (χ4n) is 6.43. The number of hydrogen-bond donors (Lipinski definition) is 1. The molecule has 0 heterocycles. The largest absolute Gasteiger partial charge is 0.385 e. The Hall–Kier alpha value is -1.72. The molecule has 228 valence electrons. The van der Waals surface area contributed by atoms with Crippen LogP contribution >= 0.6 is 0 Å². The Morgan fingerprint density at radius 2 is 1.27 bits per heavy atom. The summed E-state index contributed by atoms with van der Waals surface area (Å²) < 4.78 is 12.4. The molecule has 1 unspecified atom stereocenters. The molecule has 1 aliphatic carbocycles. The summed E-state index contributed by atoms with van der Waals surface area (Å²) in [6, 6.07) is 18.4. The summed E-state index contributed by atoms with van der Waals surface area (Å²) in [7, 11) is -2.27. The van der Waals surface area contributed by atoms with Crippen LogP contribution in [0.2, 0.25) is 24.7 Å². The second kappa shape index (κ2) is 19.5. The topological polar surface area (TPSA) is 46.2 Å². The molecular weight excluding hydrogens is 539 g/mol. The summed E-state index contributed by atoms with van der Waals surface area (Å²) in [4.78, 5) is 13.2. The molecule has 0 amide bonds. The van der Waals surface area contributed by atoms with Crippen LogP contribution in [-0.2, 0) is 10.8 Å². The molecule has 3 nitrogen and oxygen atoms in total. The number of carbonyl (C=O) groups is 1. The van der Waals surface area contributed by atoms with Crippen LogP contribution in [0, 0.1) is 0 Å². The minimum Gasteiger partial charge on any atom is -0.385 e. The lowest BCUT2D eigenvalue weighted by Crippen LogP contribution is -2.33. The zero-order chi connectivity index (χ0) is 29.2. The fraction of sp³-hybridized carbons (Fsp3) is 0.639. The maximum atomic E-state index is 12.5. The van der Waals surface area contributed by atoms with E-state index >= 15 is 0 Å². The van der Waals surface area contributed by atoms with E-state index in [0.29, 0.717) is 10.5 Å². The third kappa shape index (κ3) is 13.4. The number of Topliss-reactive ketones (excluding diaryl/α,β-unsaturated/α-hetero) is 1. The van der Waals surface area contributed by atoms with Crippen molar-refractivity contribution in [2.45, 2.75) is 139 Å². The molecular formula is C36H57NO2SSi. The maximum Gasteiger partial charge on any atom is 0.175 e. The average molecular weight is 596 g/mol. The average Bonchev–Trinajstić information content (AvgIpc) is 3.00. The number of nitrogens with one attached hydrogen (secondary N) is 1. The van der Waals surface area contributed by atoms with Crippen LogP contribution in [0.3, 0.4) is 0 Å². The summed E-state index contributed by atoms with van der Waals surface area (Å²) >= 11 is 0. The highest BCUT2D eigenvalue weighted by atomic mass is 32.2. The number of carbonyl (C=O) groups excluding carboxylic acids is 1. The first kappa shape index (κ1) is 33.8. The molecule has 0 spiro atoms. The normalized spacial score (nSPS) is 15.1. The molecule has 1 aliphatic rings. The first-order chi connectivity index (χ1) is 20.0. The zero-order valence-corrected chi connectivity index (χ0v) is 28.0. The van der Waals surface area contributed by atoms with Gasteiger partial charge in [-0.15, -0.1) is 0 Å². The van der Waals surface area contributed by atoms with Crippen molar-refractivity contribution in [3.8, 4) is 0 Å². The van der Waals surface area contributed by atoms with Crippen LogP contribution in [0.15, 0.2) is 59.5 Å². The van der Waals surface area contributed by atoms with E-state index in [-0.39, 0.29) is 11.5 Å². The smallest absolute Gasteiger partial charge is 0.175 e. The second-order valence-electron chi connectivity index (χ2n) is 13.0. The standard InChI is InChI=1S/C36H57NO2SSi/c1-41(2,35-23-17-14-18-24-35)30-20-12-10-8-6-4-3-5-7-9-11-19-29-37-33-27-25-32(26-28-33)36(38)31-40(39)34-21-15-13-16-22-34/h13,15-16,21-22,25-28,35,37H,3-12,14,17-20,23-24,29-31H2,1-2H3. The van der Waals surface area contributed by atoms with Gasteiger partial charge in [-0.1, -0.05) is 140 Å². The highest BCUT2D eigenvalue weighted by Gasteiger charge is 2.31. The molecule has 41 heavy (non-hydrogen) atoms. The summed E-state index contributed by atoms with van der Waals surface area (Å²) in [6.07, 6.45) is 24.2. The Morgan fingerprint density at radius 3 is 1.85 bits per heavy atom. The highest BCUT2D eigenvalue weighted by Crippen LogP contribution is 2.39. The van der Waals surface area contributed by atoms with Gasteiger partial charge >= 0.3 is 0 Å². The van der Waals surface area contributed by atoms with Crippen LogP contribution in [0.4, 0.5) is 5.69 Å². The van der Waals surface area contributed by atoms with Crippen molar-refractivity contribution in [2.24, 2.45) is 0 Å². The third-order valence-electron chi connectivity index (χ3n) is 9.26. The van der Waals surface area contributed by atoms with Crippen molar-refractivity contribution in [3.05, 3.63) is 60.2 Å². The number of ketones is 1. The van der Waals surface area contributed by atoms with Gasteiger partial charge in [0.1, 0.15) is 0 Å². The van der Waals surface area contributed by atoms with Gasteiger partial charge in [-0.05, 0) is 48.4 Å². The van der Waals surface area contributed by atoms with Gasteiger partial charge in [-0.3, -0.25) is 9.00 Å². The Morgan fingerprint density at radius 1 is 0.732 bits per heavy atom. The molecule has 1 fully saturated rings. The van der Waals surface area contributed by atoms with Gasteiger partial charge in [0.25, 0.3) is 0 Å². The van der Waals surface area contributed by atoms with E-state index in [2.05, 4.69) is 18.4 Å². The maximum absolute atomic E-state index is 12.5. The lowest BCUT2D eigenvalue weighted by atomic mass is 10.0.